The fourth-order valence-corrected chi connectivity index (χ4v) is 5.52. The van der Waals surface area contributed by atoms with Crippen LogP contribution in [-0.2, 0) is 21.8 Å². The molecule has 0 unspecified atom stereocenters. The van der Waals surface area contributed by atoms with Crippen molar-refractivity contribution in [2.45, 2.75) is 74.6 Å². The van der Waals surface area contributed by atoms with E-state index in [9.17, 15) is 8.42 Å². The molecule has 1 aromatic carbocycles. The topological polar surface area (TPSA) is 87.0 Å². The van der Waals surface area contributed by atoms with Gasteiger partial charge in [0.15, 0.2) is 0 Å². The van der Waals surface area contributed by atoms with Crippen molar-refractivity contribution in [3.05, 3.63) is 36.4 Å². The Balaban J connectivity index is 1.76. The SMILES string of the molecule is COc1ncc(S(=O)(=O)c2ccc3c(c2)nc(C(C)(C)C)n3CC2CCCCC2)cn1. The molecule has 0 atom stereocenters. The second kappa shape index (κ2) is 8.22. The standard InChI is InChI=1S/C23H30N4O3S/c1-23(2,3)21-26-19-12-17(31(28,29)18-13-24-22(30-4)25-14-18)10-11-20(19)27(21)15-16-8-6-5-7-9-16/h10-14,16H,5-9,15H2,1-4H3. The smallest absolute Gasteiger partial charge is 0.316 e. The lowest BCUT2D eigenvalue weighted by Crippen LogP contribution is -2.22. The molecule has 2 heterocycles. The quantitative estimate of drug-likeness (QED) is 0.576. The average molecular weight is 443 g/mol. The number of benzene rings is 1. The molecule has 166 valence electrons. The van der Waals surface area contributed by atoms with Gasteiger partial charge in [-0.2, -0.15) is 0 Å². The summed E-state index contributed by atoms with van der Waals surface area (Å²) in [4.78, 5) is 13.0. The Labute approximate surface area is 183 Å². The lowest BCUT2D eigenvalue weighted by Gasteiger charge is -2.26. The summed E-state index contributed by atoms with van der Waals surface area (Å²) in [6.45, 7) is 7.38. The van der Waals surface area contributed by atoms with Crippen LogP contribution in [0, 0.1) is 5.92 Å². The monoisotopic (exact) mass is 442 g/mol. The van der Waals surface area contributed by atoms with Gasteiger partial charge in [-0.25, -0.2) is 23.4 Å². The summed E-state index contributed by atoms with van der Waals surface area (Å²) in [5.41, 5.74) is 1.55. The highest BCUT2D eigenvalue weighted by molar-refractivity contribution is 7.91. The summed E-state index contributed by atoms with van der Waals surface area (Å²) in [5, 5.41) is 0. The van der Waals surface area contributed by atoms with Gasteiger partial charge < -0.3 is 9.30 Å². The molecule has 7 nitrogen and oxygen atoms in total. The van der Waals surface area contributed by atoms with Crippen LogP contribution in [0.5, 0.6) is 6.01 Å². The maximum Gasteiger partial charge on any atom is 0.316 e. The van der Waals surface area contributed by atoms with E-state index in [1.54, 1.807) is 12.1 Å². The van der Waals surface area contributed by atoms with E-state index in [-0.39, 0.29) is 21.2 Å². The van der Waals surface area contributed by atoms with Gasteiger partial charge in [-0.05, 0) is 37.0 Å². The Morgan fingerprint density at radius 2 is 1.74 bits per heavy atom. The van der Waals surface area contributed by atoms with Crippen LogP contribution in [0.3, 0.4) is 0 Å². The zero-order valence-corrected chi connectivity index (χ0v) is 19.4. The molecule has 0 N–H and O–H groups in total. The van der Waals surface area contributed by atoms with E-state index in [2.05, 4.69) is 35.3 Å². The number of methoxy groups -OCH3 is 1. The summed E-state index contributed by atoms with van der Waals surface area (Å²) >= 11 is 0. The number of hydrogen-bond acceptors (Lipinski definition) is 6. The predicted molar refractivity (Wildman–Crippen MR) is 119 cm³/mol. The summed E-state index contributed by atoms with van der Waals surface area (Å²) < 4.78 is 33.5. The van der Waals surface area contributed by atoms with E-state index < -0.39 is 9.84 Å². The van der Waals surface area contributed by atoms with Crippen molar-refractivity contribution in [1.82, 2.24) is 19.5 Å². The molecule has 2 aromatic heterocycles. The first-order valence-electron chi connectivity index (χ1n) is 10.8. The molecule has 0 bridgehead atoms. The number of sulfone groups is 1. The van der Waals surface area contributed by atoms with Crippen molar-refractivity contribution in [1.29, 1.82) is 0 Å². The van der Waals surface area contributed by atoms with Crippen LogP contribution in [0.2, 0.25) is 0 Å². The summed E-state index contributed by atoms with van der Waals surface area (Å²) in [6.07, 6.45) is 8.92. The molecule has 0 radical (unpaired) electrons. The maximum absolute atomic E-state index is 13.1. The zero-order valence-electron chi connectivity index (χ0n) is 18.6. The first-order valence-corrected chi connectivity index (χ1v) is 12.3. The minimum absolute atomic E-state index is 0.0327. The molecule has 3 aromatic rings. The number of nitrogens with zero attached hydrogens (tertiary/aromatic N) is 4. The molecule has 0 amide bonds. The Morgan fingerprint density at radius 3 is 2.35 bits per heavy atom. The van der Waals surface area contributed by atoms with Crippen LogP contribution in [0.1, 0.15) is 58.7 Å². The fourth-order valence-electron chi connectivity index (χ4n) is 4.35. The number of imidazole rings is 1. The molecule has 31 heavy (non-hydrogen) atoms. The number of aromatic nitrogens is 4. The molecule has 1 fully saturated rings. The highest BCUT2D eigenvalue weighted by Crippen LogP contribution is 2.32. The third kappa shape index (κ3) is 4.31. The summed E-state index contributed by atoms with van der Waals surface area (Å²) in [5.74, 6) is 1.64. The first kappa shape index (κ1) is 21.7. The van der Waals surface area contributed by atoms with Crippen LogP contribution in [-0.4, -0.2) is 35.0 Å². The van der Waals surface area contributed by atoms with E-state index in [1.165, 1.54) is 51.6 Å². The van der Waals surface area contributed by atoms with Crippen molar-refractivity contribution >= 4 is 20.9 Å². The fraction of sp³-hybridized carbons (Fsp3) is 0.522. The van der Waals surface area contributed by atoms with Gasteiger partial charge in [-0.15, -0.1) is 0 Å². The predicted octanol–water partition coefficient (Wildman–Crippen LogP) is 4.55. The van der Waals surface area contributed by atoms with Crippen LogP contribution in [0.15, 0.2) is 40.4 Å². The minimum atomic E-state index is -3.75. The Kier molecular flexibility index (Phi) is 5.77. The van der Waals surface area contributed by atoms with Crippen molar-refractivity contribution in [2.24, 2.45) is 5.92 Å². The van der Waals surface area contributed by atoms with Crippen LogP contribution >= 0.6 is 0 Å². The van der Waals surface area contributed by atoms with Gasteiger partial charge in [0.25, 0.3) is 0 Å². The van der Waals surface area contributed by atoms with E-state index in [0.717, 1.165) is 17.9 Å². The van der Waals surface area contributed by atoms with Gasteiger partial charge in [0, 0.05) is 12.0 Å². The van der Waals surface area contributed by atoms with Crippen molar-refractivity contribution in [3.8, 4) is 6.01 Å². The zero-order chi connectivity index (χ0) is 22.2. The van der Waals surface area contributed by atoms with Crippen LogP contribution < -0.4 is 4.74 Å². The van der Waals surface area contributed by atoms with Crippen LogP contribution in [0.4, 0.5) is 0 Å². The third-order valence-corrected chi connectivity index (χ3v) is 7.67. The number of ether oxygens (including phenoxy) is 1. The Morgan fingerprint density at radius 1 is 1.06 bits per heavy atom. The van der Waals surface area contributed by atoms with Gasteiger partial charge in [0.2, 0.25) is 9.84 Å². The molecule has 1 aliphatic rings. The molecule has 0 spiro atoms. The maximum atomic E-state index is 13.1. The first-order chi connectivity index (χ1) is 14.7. The van der Waals surface area contributed by atoms with E-state index in [1.807, 2.05) is 6.07 Å². The third-order valence-electron chi connectivity index (χ3n) is 5.96. The highest BCUT2D eigenvalue weighted by atomic mass is 32.2. The van der Waals surface area contributed by atoms with Gasteiger partial charge in [0.1, 0.15) is 10.7 Å². The van der Waals surface area contributed by atoms with Crippen LogP contribution in [0.25, 0.3) is 11.0 Å². The summed E-state index contributed by atoms with van der Waals surface area (Å²) in [7, 11) is -2.31. The second-order valence-corrected chi connectivity index (χ2v) is 11.3. The molecule has 1 aliphatic carbocycles. The van der Waals surface area contributed by atoms with Gasteiger partial charge in [0.05, 0.1) is 35.4 Å². The normalized spacial score (nSPS) is 16.0. The summed E-state index contributed by atoms with van der Waals surface area (Å²) in [6, 6.07) is 5.35. The lowest BCUT2D eigenvalue weighted by atomic mass is 9.88. The van der Waals surface area contributed by atoms with Crippen molar-refractivity contribution < 1.29 is 13.2 Å². The molecule has 4 rings (SSSR count). The average Bonchev–Trinajstić information content (AvgIpc) is 3.13. The molecular weight excluding hydrogens is 412 g/mol. The second-order valence-electron chi connectivity index (χ2n) is 9.36. The Hall–Kier alpha value is -2.48. The molecular formula is C23H30N4O3S. The van der Waals surface area contributed by atoms with Crippen molar-refractivity contribution in [2.75, 3.05) is 7.11 Å². The number of hydrogen-bond donors (Lipinski definition) is 0. The van der Waals surface area contributed by atoms with Crippen molar-refractivity contribution in [3.63, 3.8) is 0 Å². The Bertz CT molecular complexity index is 1170. The van der Waals surface area contributed by atoms with Gasteiger partial charge in [-0.1, -0.05) is 40.0 Å². The van der Waals surface area contributed by atoms with Gasteiger partial charge in [-0.3, -0.25) is 0 Å². The van der Waals surface area contributed by atoms with E-state index >= 15 is 0 Å². The van der Waals surface area contributed by atoms with E-state index in [0.29, 0.717) is 11.4 Å². The molecule has 1 saturated carbocycles. The number of rotatable bonds is 5. The number of fused-ring (bicyclic) bond motifs is 1. The largest absolute Gasteiger partial charge is 0.467 e. The molecule has 8 heteroatoms. The minimum Gasteiger partial charge on any atom is -0.467 e. The van der Waals surface area contributed by atoms with Gasteiger partial charge >= 0.3 is 6.01 Å². The van der Waals surface area contributed by atoms with E-state index in [4.69, 9.17) is 9.72 Å². The molecule has 0 aliphatic heterocycles. The lowest BCUT2D eigenvalue weighted by molar-refractivity contribution is 0.313. The highest BCUT2D eigenvalue weighted by Gasteiger charge is 2.27. The molecule has 0 saturated heterocycles.